The lowest BCUT2D eigenvalue weighted by Gasteiger charge is -2.14. The van der Waals surface area contributed by atoms with Crippen LogP contribution in [0.4, 0.5) is 11.4 Å². The molecular formula is C25H22N2O3S. The lowest BCUT2D eigenvalue weighted by atomic mass is 10.1. The van der Waals surface area contributed by atoms with Gasteiger partial charge >= 0.3 is 0 Å². The third-order valence-electron chi connectivity index (χ3n) is 5.14. The molecule has 0 aliphatic heterocycles. The van der Waals surface area contributed by atoms with Crippen molar-refractivity contribution in [2.24, 2.45) is 0 Å². The van der Waals surface area contributed by atoms with Gasteiger partial charge in [0.15, 0.2) is 0 Å². The maximum Gasteiger partial charge on any atom is 0.262 e. The van der Waals surface area contributed by atoms with Crippen LogP contribution in [0.3, 0.4) is 0 Å². The molecule has 0 aromatic heterocycles. The van der Waals surface area contributed by atoms with E-state index in [1.54, 1.807) is 31.2 Å². The predicted molar refractivity (Wildman–Crippen MR) is 125 cm³/mol. The van der Waals surface area contributed by atoms with Gasteiger partial charge in [-0.25, -0.2) is 8.42 Å². The summed E-state index contributed by atoms with van der Waals surface area (Å²) in [5.41, 5.74) is 2.79. The highest BCUT2D eigenvalue weighted by molar-refractivity contribution is 7.92. The number of hydrogen-bond donors (Lipinski definition) is 2. The summed E-state index contributed by atoms with van der Waals surface area (Å²) in [7, 11) is -3.85. The lowest BCUT2D eigenvalue weighted by Crippen LogP contribution is -2.17. The molecular weight excluding hydrogens is 408 g/mol. The van der Waals surface area contributed by atoms with E-state index in [1.807, 2.05) is 61.5 Å². The second-order valence-corrected chi connectivity index (χ2v) is 9.07. The SMILES string of the molecule is Cc1ccccc1NS(=O)(=O)c1cc(C(=O)Nc2ccc3ccccc3c2)ccc1C. The molecule has 156 valence electrons. The number of anilines is 2. The van der Waals surface area contributed by atoms with Crippen LogP contribution in [0.5, 0.6) is 0 Å². The van der Waals surface area contributed by atoms with Gasteiger partial charge in [0.2, 0.25) is 0 Å². The van der Waals surface area contributed by atoms with Crippen molar-refractivity contribution in [2.45, 2.75) is 18.7 Å². The van der Waals surface area contributed by atoms with Gasteiger partial charge in [-0.15, -0.1) is 0 Å². The number of para-hydroxylation sites is 1. The number of aryl methyl sites for hydroxylation is 2. The predicted octanol–water partition coefficient (Wildman–Crippen LogP) is 5.51. The van der Waals surface area contributed by atoms with Gasteiger partial charge in [0.05, 0.1) is 10.6 Å². The topological polar surface area (TPSA) is 75.3 Å². The first-order valence-corrected chi connectivity index (χ1v) is 11.3. The maximum atomic E-state index is 13.0. The van der Waals surface area contributed by atoms with Crippen molar-refractivity contribution < 1.29 is 13.2 Å². The minimum Gasteiger partial charge on any atom is -0.322 e. The molecule has 0 radical (unpaired) electrons. The Hall–Kier alpha value is -3.64. The van der Waals surface area contributed by atoms with Crippen molar-refractivity contribution in [3.8, 4) is 0 Å². The van der Waals surface area contributed by atoms with E-state index in [2.05, 4.69) is 10.0 Å². The molecule has 0 saturated carbocycles. The van der Waals surface area contributed by atoms with Crippen molar-refractivity contribution in [2.75, 3.05) is 10.0 Å². The second kappa shape index (κ2) is 8.24. The van der Waals surface area contributed by atoms with E-state index in [-0.39, 0.29) is 16.4 Å². The first kappa shape index (κ1) is 20.6. The summed E-state index contributed by atoms with van der Waals surface area (Å²) < 4.78 is 28.6. The number of sulfonamides is 1. The monoisotopic (exact) mass is 430 g/mol. The summed E-state index contributed by atoms with van der Waals surface area (Å²) >= 11 is 0. The average Bonchev–Trinajstić information content (AvgIpc) is 2.75. The minimum absolute atomic E-state index is 0.0712. The number of hydrogen-bond acceptors (Lipinski definition) is 3. The zero-order valence-corrected chi connectivity index (χ0v) is 18.0. The van der Waals surface area contributed by atoms with Crippen LogP contribution in [0, 0.1) is 13.8 Å². The van der Waals surface area contributed by atoms with E-state index in [0.29, 0.717) is 16.9 Å². The number of amides is 1. The Bertz CT molecular complexity index is 1400. The third kappa shape index (κ3) is 4.44. The Morgan fingerprint density at radius 3 is 2.23 bits per heavy atom. The summed E-state index contributed by atoms with van der Waals surface area (Å²) in [6.45, 7) is 3.54. The Labute approximate surface area is 181 Å². The van der Waals surface area contributed by atoms with Crippen molar-refractivity contribution >= 4 is 38.1 Å². The number of benzene rings is 4. The number of fused-ring (bicyclic) bond motifs is 1. The van der Waals surface area contributed by atoms with Gasteiger partial charge in [-0.2, -0.15) is 0 Å². The molecule has 0 unspecified atom stereocenters. The fourth-order valence-electron chi connectivity index (χ4n) is 3.39. The molecule has 4 aromatic rings. The Morgan fingerprint density at radius 1 is 0.742 bits per heavy atom. The van der Waals surface area contributed by atoms with Gasteiger partial charge in [0.1, 0.15) is 0 Å². The van der Waals surface area contributed by atoms with E-state index in [4.69, 9.17) is 0 Å². The molecule has 2 N–H and O–H groups in total. The van der Waals surface area contributed by atoms with Crippen LogP contribution >= 0.6 is 0 Å². The van der Waals surface area contributed by atoms with Crippen LogP contribution in [0.25, 0.3) is 10.8 Å². The second-order valence-electron chi connectivity index (χ2n) is 7.42. The van der Waals surface area contributed by atoms with E-state index < -0.39 is 10.0 Å². The van der Waals surface area contributed by atoms with Gasteiger partial charge in [-0.1, -0.05) is 54.6 Å². The van der Waals surface area contributed by atoms with Gasteiger partial charge in [0, 0.05) is 11.3 Å². The van der Waals surface area contributed by atoms with Crippen molar-refractivity contribution in [3.05, 3.63) is 102 Å². The third-order valence-corrected chi connectivity index (χ3v) is 6.64. The molecule has 1 amide bonds. The van der Waals surface area contributed by atoms with Crippen LogP contribution in [0.15, 0.2) is 89.8 Å². The number of carbonyl (C=O) groups excluding carboxylic acids is 1. The van der Waals surface area contributed by atoms with Crippen LogP contribution in [-0.2, 0) is 10.0 Å². The van der Waals surface area contributed by atoms with Gasteiger partial charge in [-0.3, -0.25) is 9.52 Å². The Morgan fingerprint density at radius 2 is 1.45 bits per heavy atom. The molecule has 0 aliphatic rings. The lowest BCUT2D eigenvalue weighted by molar-refractivity contribution is 0.102. The molecule has 0 spiro atoms. The fraction of sp³-hybridized carbons (Fsp3) is 0.0800. The molecule has 0 fully saturated rings. The largest absolute Gasteiger partial charge is 0.322 e. The molecule has 4 aromatic carbocycles. The highest BCUT2D eigenvalue weighted by Crippen LogP contribution is 2.24. The zero-order valence-electron chi connectivity index (χ0n) is 17.2. The smallest absolute Gasteiger partial charge is 0.262 e. The number of carbonyl (C=O) groups is 1. The molecule has 6 heteroatoms. The van der Waals surface area contributed by atoms with Crippen molar-refractivity contribution in [1.29, 1.82) is 0 Å². The summed E-state index contributed by atoms with van der Waals surface area (Å²) in [6.07, 6.45) is 0. The summed E-state index contributed by atoms with van der Waals surface area (Å²) in [5.74, 6) is -0.373. The Balaban J connectivity index is 1.61. The first-order chi connectivity index (χ1) is 14.8. The summed E-state index contributed by atoms with van der Waals surface area (Å²) in [5, 5.41) is 4.94. The highest BCUT2D eigenvalue weighted by atomic mass is 32.2. The normalized spacial score (nSPS) is 11.3. The van der Waals surface area contributed by atoms with Crippen LogP contribution < -0.4 is 10.0 Å². The minimum atomic E-state index is -3.85. The molecule has 31 heavy (non-hydrogen) atoms. The van der Waals surface area contributed by atoms with E-state index >= 15 is 0 Å². The van der Waals surface area contributed by atoms with Gasteiger partial charge in [0.25, 0.3) is 15.9 Å². The molecule has 0 bridgehead atoms. The molecule has 5 nitrogen and oxygen atoms in total. The summed E-state index contributed by atoms with van der Waals surface area (Å²) in [4.78, 5) is 12.9. The number of rotatable bonds is 5. The Kier molecular flexibility index (Phi) is 5.48. The van der Waals surface area contributed by atoms with Crippen molar-refractivity contribution in [3.63, 3.8) is 0 Å². The molecule has 0 heterocycles. The fourth-order valence-corrected chi connectivity index (χ4v) is 4.79. The first-order valence-electron chi connectivity index (χ1n) is 9.83. The molecule has 0 saturated heterocycles. The summed E-state index contributed by atoms with van der Waals surface area (Å²) in [6, 6.07) is 25.3. The zero-order chi connectivity index (χ0) is 22.0. The molecule has 0 atom stereocenters. The van der Waals surface area contributed by atoms with E-state index in [9.17, 15) is 13.2 Å². The van der Waals surface area contributed by atoms with Gasteiger partial charge in [-0.05, 0) is 66.1 Å². The van der Waals surface area contributed by atoms with Crippen LogP contribution in [-0.4, -0.2) is 14.3 Å². The van der Waals surface area contributed by atoms with Crippen LogP contribution in [0.2, 0.25) is 0 Å². The molecule has 4 rings (SSSR count). The van der Waals surface area contributed by atoms with Gasteiger partial charge < -0.3 is 5.32 Å². The van der Waals surface area contributed by atoms with E-state index in [0.717, 1.165) is 16.3 Å². The average molecular weight is 431 g/mol. The van der Waals surface area contributed by atoms with Crippen molar-refractivity contribution in [1.82, 2.24) is 0 Å². The van der Waals surface area contributed by atoms with Crippen LogP contribution in [0.1, 0.15) is 21.5 Å². The maximum absolute atomic E-state index is 13.0. The molecule has 0 aliphatic carbocycles. The van der Waals surface area contributed by atoms with E-state index in [1.165, 1.54) is 6.07 Å². The number of nitrogens with one attached hydrogen (secondary N) is 2. The standard InChI is InChI=1S/C25H22N2O3S/c1-17-7-3-6-10-23(17)27-31(29,30)24-16-21(12-11-18(24)2)25(28)26-22-14-13-19-8-4-5-9-20(19)15-22/h3-16,27H,1-2H3,(H,26,28). The quantitative estimate of drug-likeness (QED) is 0.438. The highest BCUT2D eigenvalue weighted by Gasteiger charge is 2.20.